The van der Waals surface area contributed by atoms with E-state index in [1.165, 1.54) is 25.7 Å². The molecular formula is C36H66NO8+. The number of carboxylic acids is 1. The van der Waals surface area contributed by atoms with Crippen molar-refractivity contribution in [3.63, 3.8) is 0 Å². The Bertz CT molecular complexity index is 805. The van der Waals surface area contributed by atoms with Crippen molar-refractivity contribution in [1.29, 1.82) is 0 Å². The van der Waals surface area contributed by atoms with Crippen molar-refractivity contribution in [3.05, 3.63) is 24.3 Å². The first-order chi connectivity index (χ1) is 21.6. The third kappa shape index (κ3) is 30.2. The van der Waals surface area contributed by atoms with Crippen molar-refractivity contribution < 1.29 is 42.9 Å². The Morgan fingerprint density at radius 1 is 0.667 bits per heavy atom. The van der Waals surface area contributed by atoms with Crippen molar-refractivity contribution in [1.82, 2.24) is 0 Å². The highest BCUT2D eigenvalue weighted by Gasteiger charge is 2.25. The molecule has 2 atom stereocenters. The van der Waals surface area contributed by atoms with Crippen LogP contribution in [-0.4, -0.2) is 87.4 Å². The molecule has 0 aliphatic heterocycles. The maximum atomic E-state index is 12.6. The van der Waals surface area contributed by atoms with Crippen LogP contribution in [0.15, 0.2) is 24.3 Å². The molecule has 0 radical (unpaired) electrons. The van der Waals surface area contributed by atoms with Crippen molar-refractivity contribution in [2.24, 2.45) is 0 Å². The fraction of sp³-hybridized carbons (Fsp3) is 0.806. The van der Waals surface area contributed by atoms with Gasteiger partial charge in [0.15, 0.2) is 6.10 Å². The third-order valence-electron chi connectivity index (χ3n) is 7.21. The van der Waals surface area contributed by atoms with Crippen molar-refractivity contribution in [2.45, 2.75) is 142 Å². The average Bonchev–Trinajstić information content (AvgIpc) is 2.98. The molecular weight excluding hydrogens is 574 g/mol. The van der Waals surface area contributed by atoms with Crippen molar-refractivity contribution in [3.8, 4) is 0 Å². The minimum absolute atomic E-state index is 0.185. The van der Waals surface area contributed by atoms with Gasteiger partial charge < -0.3 is 28.5 Å². The zero-order chi connectivity index (χ0) is 33.6. The predicted molar refractivity (Wildman–Crippen MR) is 180 cm³/mol. The standard InChI is InChI=1S/C36H65NO8/c1-6-8-10-12-13-14-15-16-17-18-19-20-21-23-25-27-34(39)45-32(30-43-33(38)26-24-22-11-9-7-2)31-44-36(35(40)41)42-29-28-37(3,4)5/h13-14,16-17,32,36H,6-12,15,18-31H2,1-5H3/p+1/b14-13-,17-16-. The Hall–Kier alpha value is -2.23. The first-order valence-corrected chi connectivity index (χ1v) is 17.5. The zero-order valence-electron chi connectivity index (χ0n) is 29.3. The molecule has 0 bridgehead atoms. The Balaban J connectivity index is 4.52. The minimum Gasteiger partial charge on any atom is -0.477 e. The van der Waals surface area contributed by atoms with Gasteiger partial charge in [0.25, 0.3) is 6.29 Å². The van der Waals surface area contributed by atoms with Crippen LogP contribution in [0.4, 0.5) is 0 Å². The summed E-state index contributed by atoms with van der Waals surface area (Å²) in [6, 6.07) is 0. The maximum Gasteiger partial charge on any atom is 0.361 e. The average molecular weight is 641 g/mol. The number of quaternary nitrogens is 1. The van der Waals surface area contributed by atoms with Crippen molar-refractivity contribution in [2.75, 3.05) is 47.5 Å². The first-order valence-electron chi connectivity index (χ1n) is 17.5. The normalized spacial score (nSPS) is 13.4. The molecule has 262 valence electrons. The maximum absolute atomic E-state index is 12.6. The van der Waals surface area contributed by atoms with Gasteiger partial charge in [-0.15, -0.1) is 0 Å². The van der Waals surface area contributed by atoms with Crippen LogP contribution in [0, 0.1) is 0 Å². The summed E-state index contributed by atoms with van der Waals surface area (Å²) in [7, 11) is 5.92. The summed E-state index contributed by atoms with van der Waals surface area (Å²) in [6.07, 6.45) is 24.2. The first kappa shape index (κ1) is 42.8. The number of allylic oxidation sites excluding steroid dienone is 4. The molecule has 0 rings (SSSR count). The lowest BCUT2D eigenvalue weighted by Crippen LogP contribution is -2.40. The monoisotopic (exact) mass is 640 g/mol. The number of nitrogens with zero attached hydrogens (tertiary/aromatic N) is 1. The van der Waals surface area contributed by atoms with E-state index in [1.54, 1.807) is 0 Å². The van der Waals surface area contributed by atoms with Gasteiger partial charge in [0.1, 0.15) is 13.2 Å². The largest absolute Gasteiger partial charge is 0.477 e. The number of esters is 2. The molecule has 0 heterocycles. The van der Waals surface area contributed by atoms with Crippen LogP contribution >= 0.6 is 0 Å². The number of hydrogen-bond acceptors (Lipinski definition) is 7. The Morgan fingerprint density at radius 2 is 1.20 bits per heavy atom. The second-order valence-electron chi connectivity index (χ2n) is 12.8. The summed E-state index contributed by atoms with van der Waals surface area (Å²) < 4.78 is 22.4. The van der Waals surface area contributed by atoms with Gasteiger partial charge in [0, 0.05) is 12.8 Å². The van der Waals surface area contributed by atoms with Crippen LogP contribution in [0.25, 0.3) is 0 Å². The second-order valence-corrected chi connectivity index (χ2v) is 12.8. The second kappa shape index (κ2) is 29.2. The van der Waals surface area contributed by atoms with Crippen LogP contribution in [0.1, 0.15) is 129 Å². The fourth-order valence-corrected chi connectivity index (χ4v) is 4.39. The van der Waals surface area contributed by atoms with Gasteiger partial charge in [-0.05, 0) is 44.9 Å². The van der Waals surface area contributed by atoms with Gasteiger partial charge in [-0.25, -0.2) is 4.79 Å². The molecule has 0 amide bonds. The molecule has 0 saturated carbocycles. The Morgan fingerprint density at radius 3 is 1.80 bits per heavy atom. The van der Waals surface area contributed by atoms with Crippen LogP contribution in [0.2, 0.25) is 0 Å². The highest BCUT2D eigenvalue weighted by atomic mass is 16.7. The number of rotatable bonds is 31. The quantitative estimate of drug-likeness (QED) is 0.0269. The van der Waals surface area contributed by atoms with Gasteiger partial charge in [-0.1, -0.05) is 95.9 Å². The van der Waals surface area contributed by atoms with Gasteiger partial charge in [-0.3, -0.25) is 9.59 Å². The van der Waals surface area contributed by atoms with Gasteiger partial charge in [0.05, 0.1) is 34.4 Å². The van der Waals surface area contributed by atoms with E-state index in [4.69, 9.17) is 18.9 Å². The smallest absolute Gasteiger partial charge is 0.361 e. The molecule has 0 aliphatic rings. The molecule has 9 heteroatoms. The molecule has 9 nitrogen and oxygen atoms in total. The number of carbonyl (C=O) groups is 3. The minimum atomic E-state index is -1.51. The molecule has 0 aromatic carbocycles. The van der Waals surface area contributed by atoms with E-state index in [1.807, 2.05) is 21.1 Å². The van der Waals surface area contributed by atoms with Crippen molar-refractivity contribution >= 4 is 17.9 Å². The number of carboxylic acid groups (broad SMARTS) is 1. The molecule has 1 N–H and O–H groups in total. The number of aliphatic carboxylic acids is 1. The number of hydrogen-bond donors (Lipinski definition) is 1. The highest BCUT2D eigenvalue weighted by Crippen LogP contribution is 2.11. The molecule has 0 aromatic rings. The van der Waals surface area contributed by atoms with Crippen LogP contribution in [0.3, 0.4) is 0 Å². The van der Waals surface area contributed by atoms with E-state index in [9.17, 15) is 19.5 Å². The molecule has 0 aromatic heterocycles. The van der Waals surface area contributed by atoms with Gasteiger partial charge >= 0.3 is 17.9 Å². The topological polar surface area (TPSA) is 108 Å². The number of carbonyl (C=O) groups excluding carboxylic acids is 2. The Labute approximate surface area is 274 Å². The zero-order valence-corrected chi connectivity index (χ0v) is 29.3. The summed E-state index contributed by atoms with van der Waals surface area (Å²) in [6.45, 7) is 4.70. The predicted octanol–water partition coefficient (Wildman–Crippen LogP) is 7.77. The van der Waals surface area contributed by atoms with Crippen LogP contribution in [0.5, 0.6) is 0 Å². The highest BCUT2D eigenvalue weighted by molar-refractivity contribution is 5.71. The van der Waals surface area contributed by atoms with E-state index >= 15 is 0 Å². The molecule has 0 saturated heterocycles. The summed E-state index contributed by atoms with van der Waals surface area (Å²) in [5.74, 6) is -2.05. The molecule has 0 spiro atoms. The third-order valence-corrected chi connectivity index (χ3v) is 7.21. The van der Waals surface area contributed by atoms with E-state index in [0.29, 0.717) is 23.9 Å². The molecule has 2 unspecified atom stereocenters. The van der Waals surface area contributed by atoms with Gasteiger partial charge in [-0.2, -0.15) is 0 Å². The van der Waals surface area contributed by atoms with E-state index in [0.717, 1.165) is 70.6 Å². The molecule has 45 heavy (non-hydrogen) atoms. The number of likely N-dealkylation sites (N-methyl/N-ethyl adjacent to an activating group) is 1. The number of ether oxygens (including phenoxy) is 4. The van der Waals surface area contributed by atoms with E-state index in [2.05, 4.69) is 38.2 Å². The summed E-state index contributed by atoms with van der Waals surface area (Å²) in [5, 5.41) is 9.52. The number of unbranched alkanes of at least 4 members (excludes halogenated alkanes) is 12. The Kier molecular flexibility index (Phi) is 27.7. The lowest BCUT2D eigenvalue weighted by atomic mass is 10.1. The van der Waals surface area contributed by atoms with E-state index < -0.39 is 24.3 Å². The van der Waals surface area contributed by atoms with Crippen LogP contribution in [-0.2, 0) is 33.3 Å². The molecule has 0 fully saturated rings. The van der Waals surface area contributed by atoms with Crippen LogP contribution < -0.4 is 0 Å². The lowest BCUT2D eigenvalue weighted by molar-refractivity contribution is -0.870. The van der Waals surface area contributed by atoms with Gasteiger partial charge in [0.2, 0.25) is 0 Å². The summed E-state index contributed by atoms with van der Waals surface area (Å²) in [5.41, 5.74) is 0. The molecule has 0 aliphatic carbocycles. The summed E-state index contributed by atoms with van der Waals surface area (Å²) >= 11 is 0. The summed E-state index contributed by atoms with van der Waals surface area (Å²) in [4.78, 5) is 36.5. The fourth-order valence-electron chi connectivity index (χ4n) is 4.39. The SMILES string of the molecule is CCCCC/C=C\C/C=C\CCCCCCCC(=O)OC(COC(=O)CCCCCCC)COC(OCC[N+](C)(C)C)C(=O)O. The van der Waals surface area contributed by atoms with E-state index in [-0.39, 0.29) is 32.2 Å². The lowest BCUT2D eigenvalue weighted by Gasteiger charge is -2.25.